The van der Waals surface area contributed by atoms with E-state index in [9.17, 15) is 19.5 Å². The van der Waals surface area contributed by atoms with Gasteiger partial charge >= 0.3 is 12.1 Å². The highest BCUT2D eigenvalue weighted by Gasteiger charge is 2.50. The molecule has 1 N–H and O–H groups in total. The van der Waals surface area contributed by atoms with Crippen LogP contribution in [0, 0.1) is 11.8 Å². The number of carbonyl (C=O) groups is 3. The van der Waals surface area contributed by atoms with Gasteiger partial charge in [0.1, 0.15) is 18.4 Å². The standard InChI is InChI=1S/C24H23NO5/c26-15-10-9-14-12-25(22(23(27)28)20(14)11-15)24(29)30-13-21-18-7-3-1-5-16(18)17-6-2-4-8-19(17)21/h1-8,14,20-22H,9-13H2,(H,27,28)/t14-,20+,22+/m1/s1. The smallest absolute Gasteiger partial charge is 0.410 e. The lowest BCUT2D eigenvalue weighted by Crippen LogP contribution is -2.44. The van der Waals surface area contributed by atoms with Gasteiger partial charge in [0.25, 0.3) is 0 Å². The van der Waals surface area contributed by atoms with Crippen LogP contribution in [-0.4, -0.2) is 47.0 Å². The monoisotopic (exact) mass is 405 g/mol. The minimum absolute atomic E-state index is 0.0456. The van der Waals surface area contributed by atoms with Crippen LogP contribution in [0.2, 0.25) is 0 Å². The molecular formula is C24H23NO5. The molecule has 0 unspecified atom stereocenters. The number of benzene rings is 2. The van der Waals surface area contributed by atoms with Gasteiger partial charge in [-0.25, -0.2) is 9.59 Å². The molecule has 1 aliphatic heterocycles. The highest BCUT2D eigenvalue weighted by Crippen LogP contribution is 2.45. The molecule has 1 saturated heterocycles. The zero-order valence-electron chi connectivity index (χ0n) is 16.5. The van der Waals surface area contributed by atoms with Crippen LogP contribution in [0.25, 0.3) is 11.1 Å². The first-order chi connectivity index (χ1) is 14.5. The molecule has 154 valence electrons. The van der Waals surface area contributed by atoms with Crippen LogP contribution < -0.4 is 0 Å². The predicted octanol–water partition coefficient (Wildman–Crippen LogP) is 3.69. The average molecular weight is 405 g/mol. The zero-order valence-corrected chi connectivity index (χ0v) is 16.5. The number of carboxylic acids is 1. The van der Waals surface area contributed by atoms with E-state index in [0.29, 0.717) is 19.4 Å². The molecule has 2 aromatic carbocycles. The first-order valence-electron chi connectivity index (χ1n) is 10.4. The first kappa shape index (κ1) is 18.9. The van der Waals surface area contributed by atoms with Crippen LogP contribution in [0.1, 0.15) is 36.3 Å². The summed E-state index contributed by atoms with van der Waals surface area (Å²) >= 11 is 0. The van der Waals surface area contributed by atoms with Gasteiger partial charge in [0.05, 0.1) is 0 Å². The third-order valence-corrected chi connectivity index (χ3v) is 6.86. The molecular weight excluding hydrogens is 382 g/mol. The van der Waals surface area contributed by atoms with Gasteiger partial charge in [-0.1, -0.05) is 48.5 Å². The Morgan fingerprint density at radius 1 is 1.03 bits per heavy atom. The molecule has 1 amide bonds. The number of aliphatic carboxylic acids is 1. The molecule has 2 fully saturated rings. The van der Waals surface area contributed by atoms with Crippen molar-refractivity contribution in [1.29, 1.82) is 0 Å². The largest absolute Gasteiger partial charge is 0.480 e. The molecule has 6 nitrogen and oxygen atoms in total. The van der Waals surface area contributed by atoms with Crippen molar-refractivity contribution >= 4 is 17.8 Å². The van der Waals surface area contributed by atoms with Crippen molar-refractivity contribution in [2.24, 2.45) is 11.8 Å². The molecule has 0 aromatic heterocycles. The zero-order chi connectivity index (χ0) is 20.8. The number of carboxylic acid groups (broad SMARTS) is 1. The minimum Gasteiger partial charge on any atom is -0.480 e. The number of carbonyl (C=O) groups excluding carboxylic acids is 2. The second-order valence-electron chi connectivity index (χ2n) is 8.44. The molecule has 30 heavy (non-hydrogen) atoms. The lowest BCUT2D eigenvalue weighted by molar-refractivity contribution is -0.143. The quantitative estimate of drug-likeness (QED) is 0.842. The summed E-state index contributed by atoms with van der Waals surface area (Å²) in [6, 6.07) is 15.2. The molecule has 1 saturated carbocycles. The Hall–Kier alpha value is -3.15. The average Bonchev–Trinajstić information content (AvgIpc) is 3.28. The van der Waals surface area contributed by atoms with Gasteiger partial charge in [0, 0.05) is 31.2 Å². The van der Waals surface area contributed by atoms with Crippen LogP contribution in [0.15, 0.2) is 48.5 Å². The molecule has 5 rings (SSSR count). The number of fused-ring (bicyclic) bond motifs is 4. The van der Waals surface area contributed by atoms with E-state index in [-0.39, 0.29) is 36.6 Å². The van der Waals surface area contributed by atoms with Crippen molar-refractivity contribution in [2.75, 3.05) is 13.2 Å². The molecule has 1 heterocycles. The van der Waals surface area contributed by atoms with E-state index in [0.717, 1.165) is 22.3 Å². The van der Waals surface area contributed by atoms with Crippen molar-refractivity contribution in [2.45, 2.75) is 31.2 Å². The van der Waals surface area contributed by atoms with E-state index in [1.54, 1.807) is 0 Å². The van der Waals surface area contributed by atoms with Gasteiger partial charge in [-0.05, 0) is 34.6 Å². The summed E-state index contributed by atoms with van der Waals surface area (Å²) < 4.78 is 5.68. The van der Waals surface area contributed by atoms with Crippen LogP contribution in [0.3, 0.4) is 0 Å². The highest BCUT2D eigenvalue weighted by atomic mass is 16.6. The number of likely N-dealkylation sites (tertiary alicyclic amines) is 1. The van der Waals surface area contributed by atoms with Crippen molar-refractivity contribution in [3.05, 3.63) is 59.7 Å². The summed E-state index contributed by atoms with van der Waals surface area (Å²) in [6.45, 7) is 0.496. The summed E-state index contributed by atoms with van der Waals surface area (Å²) in [5.74, 6) is -1.33. The third-order valence-electron chi connectivity index (χ3n) is 6.86. The topological polar surface area (TPSA) is 83.9 Å². The number of Topliss-reactive ketones (excluding diaryl/α,β-unsaturated/α-hetero) is 1. The van der Waals surface area contributed by atoms with Gasteiger partial charge in [-0.15, -0.1) is 0 Å². The van der Waals surface area contributed by atoms with Gasteiger partial charge in [-0.3, -0.25) is 9.69 Å². The van der Waals surface area contributed by atoms with Crippen LogP contribution >= 0.6 is 0 Å². The molecule has 0 radical (unpaired) electrons. The molecule has 0 spiro atoms. The van der Waals surface area contributed by atoms with Gasteiger partial charge in [0.2, 0.25) is 0 Å². The third kappa shape index (κ3) is 2.98. The van der Waals surface area contributed by atoms with E-state index in [1.165, 1.54) is 4.90 Å². The Balaban J connectivity index is 1.35. The van der Waals surface area contributed by atoms with E-state index < -0.39 is 18.1 Å². The summed E-state index contributed by atoms with van der Waals surface area (Å²) in [5, 5.41) is 9.74. The normalized spacial score (nSPS) is 24.9. The van der Waals surface area contributed by atoms with Gasteiger partial charge in [-0.2, -0.15) is 0 Å². The fraction of sp³-hybridized carbons (Fsp3) is 0.375. The Morgan fingerprint density at radius 3 is 2.30 bits per heavy atom. The predicted molar refractivity (Wildman–Crippen MR) is 109 cm³/mol. The van der Waals surface area contributed by atoms with Crippen molar-refractivity contribution in [3.8, 4) is 11.1 Å². The minimum atomic E-state index is -1.06. The van der Waals surface area contributed by atoms with Crippen molar-refractivity contribution in [3.63, 3.8) is 0 Å². The van der Waals surface area contributed by atoms with Crippen molar-refractivity contribution < 1.29 is 24.2 Å². The SMILES string of the molecule is O=C1CC[C@@H]2CN(C(=O)OCC3c4ccccc4-c4ccccc43)[C@H](C(=O)O)[C@H]2C1. The van der Waals surface area contributed by atoms with E-state index >= 15 is 0 Å². The van der Waals surface area contributed by atoms with Crippen LogP contribution in [0.4, 0.5) is 4.79 Å². The van der Waals surface area contributed by atoms with Gasteiger partial charge in [0.15, 0.2) is 0 Å². The second-order valence-corrected chi connectivity index (χ2v) is 8.44. The molecule has 2 aromatic rings. The maximum absolute atomic E-state index is 12.9. The van der Waals surface area contributed by atoms with E-state index in [1.807, 2.05) is 36.4 Å². The lowest BCUT2D eigenvalue weighted by atomic mass is 9.78. The second kappa shape index (κ2) is 7.27. The number of nitrogens with zero attached hydrogens (tertiary/aromatic N) is 1. The fourth-order valence-electron chi connectivity index (χ4n) is 5.47. The van der Waals surface area contributed by atoms with Crippen LogP contribution in [-0.2, 0) is 14.3 Å². The van der Waals surface area contributed by atoms with E-state index in [2.05, 4.69) is 12.1 Å². The summed E-state index contributed by atoms with van der Waals surface area (Å²) in [5.41, 5.74) is 4.51. The molecule has 6 heteroatoms. The summed E-state index contributed by atoms with van der Waals surface area (Å²) in [4.78, 5) is 38.0. The molecule has 0 bridgehead atoms. The van der Waals surface area contributed by atoms with Gasteiger partial charge < -0.3 is 9.84 Å². The number of ether oxygens (including phenoxy) is 1. The maximum atomic E-state index is 12.9. The van der Waals surface area contributed by atoms with Crippen molar-refractivity contribution in [1.82, 2.24) is 4.90 Å². The first-order valence-corrected chi connectivity index (χ1v) is 10.4. The molecule has 3 atom stereocenters. The number of ketones is 1. The number of hydrogen-bond acceptors (Lipinski definition) is 4. The number of hydrogen-bond donors (Lipinski definition) is 1. The molecule has 3 aliphatic rings. The Bertz CT molecular complexity index is 986. The lowest BCUT2D eigenvalue weighted by Gasteiger charge is -2.26. The summed E-state index contributed by atoms with van der Waals surface area (Å²) in [6.07, 6.45) is 0.729. The Kier molecular flexibility index (Phi) is 4.57. The highest BCUT2D eigenvalue weighted by molar-refractivity contribution is 5.85. The maximum Gasteiger partial charge on any atom is 0.410 e. The fourth-order valence-corrected chi connectivity index (χ4v) is 5.47. The Morgan fingerprint density at radius 2 is 1.67 bits per heavy atom. The van der Waals surface area contributed by atoms with E-state index in [4.69, 9.17) is 4.74 Å². The Labute approximate surface area is 174 Å². The number of rotatable bonds is 3. The van der Waals surface area contributed by atoms with Crippen LogP contribution in [0.5, 0.6) is 0 Å². The molecule has 2 aliphatic carbocycles. The number of amides is 1. The summed E-state index contributed by atoms with van der Waals surface area (Å²) in [7, 11) is 0.